The van der Waals surface area contributed by atoms with Crippen molar-refractivity contribution in [2.75, 3.05) is 17.2 Å². The third-order valence-corrected chi connectivity index (χ3v) is 3.87. The van der Waals surface area contributed by atoms with Crippen LogP contribution in [0.15, 0.2) is 42.7 Å². The molecule has 0 aliphatic rings. The van der Waals surface area contributed by atoms with Crippen molar-refractivity contribution in [2.24, 2.45) is 0 Å². The summed E-state index contributed by atoms with van der Waals surface area (Å²) in [6.45, 7) is 3.62. The summed E-state index contributed by atoms with van der Waals surface area (Å²) < 4.78 is 1.54. The molecular weight excluding hydrogens is 350 g/mol. The molecular formula is C17H17N7O3. The van der Waals surface area contributed by atoms with E-state index in [0.717, 1.165) is 22.5 Å². The average molecular weight is 367 g/mol. The van der Waals surface area contributed by atoms with Crippen molar-refractivity contribution in [1.82, 2.24) is 20.2 Å². The molecule has 0 saturated heterocycles. The second-order valence-corrected chi connectivity index (χ2v) is 5.94. The van der Waals surface area contributed by atoms with E-state index in [9.17, 15) is 14.9 Å². The van der Waals surface area contributed by atoms with E-state index in [0.29, 0.717) is 0 Å². The number of nitrogens with zero attached hydrogens (tertiary/aromatic N) is 5. The zero-order chi connectivity index (χ0) is 19.4. The van der Waals surface area contributed by atoms with Crippen molar-refractivity contribution in [3.8, 4) is 5.69 Å². The second-order valence-electron chi connectivity index (χ2n) is 5.94. The first-order valence-corrected chi connectivity index (χ1v) is 8.07. The van der Waals surface area contributed by atoms with E-state index >= 15 is 0 Å². The van der Waals surface area contributed by atoms with Gasteiger partial charge in [-0.25, -0.2) is 4.68 Å². The van der Waals surface area contributed by atoms with Crippen molar-refractivity contribution < 1.29 is 9.72 Å². The van der Waals surface area contributed by atoms with Crippen molar-refractivity contribution in [2.45, 2.75) is 13.8 Å². The minimum Gasteiger partial charge on any atom is -0.376 e. The highest BCUT2D eigenvalue weighted by Gasteiger charge is 2.16. The molecule has 2 N–H and O–H groups in total. The molecule has 0 fully saturated rings. The van der Waals surface area contributed by atoms with Crippen LogP contribution < -0.4 is 10.6 Å². The summed E-state index contributed by atoms with van der Waals surface area (Å²) in [6, 6.07) is 10.1. The van der Waals surface area contributed by atoms with E-state index < -0.39 is 4.92 Å². The van der Waals surface area contributed by atoms with E-state index in [1.165, 1.54) is 18.5 Å². The van der Waals surface area contributed by atoms with E-state index in [1.54, 1.807) is 23.7 Å². The molecule has 10 nitrogen and oxygen atoms in total. The highest BCUT2D eigenvalue weighted by Crippen LogP contribution is 2.25. The molecule has 10 heteroatoms. The standard InChI is InChI=1S/C17H17N7O3/c1-11-3-5-14(16(7-11)24(26)27)20-17(25)9-18-13-4-6-15(12(2)8-13)23-10-19-21-22-23/h3-8,10,18H,9H2,1-2H3,(H,20,25). The SMILES string of the molecule is Cc1ccc(NC(=O)CNc2ccc(-n3cnnn3)c(C)c2)c([N+](=O)[O-])c1. The Bertz CT molecular complexity index is 986. The number of hydrogen-bond acceptors (Lipinski definition) is 7. The Hall–Kier alpha value is -3.82. The van der Waals surface area contributed by atoms with Gasteiger partial charge in [0.1, 0.15) is 12.0 Å². The van der Waals surface area contributed by atoms with Crippen LogP contribution in [0.4, 0.5) is 17.1 Å². The Morgan fingerprint density at radius 1 is 1.22 bits per heavy atom. The largest absolute Gasteiger partial charge is 0.376 e. The number of nitro groups is 1. The van der Waals surface area contributed by atoms with Gasteiger partial charge >= 0.3 is 0 Å². The van der Waals surface area contributed by atoms with Gasteiger partial charge in [-0.05, 0) is 59.7 Å². The zero-order valence-corrected chi connectivity index (χ0v) is 14.7. The van der Waals surface area contributed by atoms with Gasteiger partial charge < -0.3 is 10.6 Å². The van der Waals surface area contributed by atoms with Gasteiger partial charge in [-0.2, -0.15) is 0 Å². The van der Waals surface area contributed by atoms with Gasteiger partial charge in [0, 0.05) is 11.8 Å². The molecule has 2 aromatic carbocycles. The molecule has 3 aromatic rings. The third kappa shape index (κ3) is 4.24. The number of tetrazole rings is 1. The highest BCUT2D eigenvalue weighted by molar-refractivity contribution is 5.95. The van der Waals surface area contributed by atoms with Crippen LogP contribution in [0.1, 0.15) is 11.1 Å². The number of carbonyl (C=O) groups is 1. The van der Waals surface area contributed by atoms with Crippen LogP contribution in [-0.4, -0.2) is 37.6 Å². The number of rotatable bonds is 6. The topological polar surface area (TPSA) is 128 Å². The Labute approximate surface area is 154 Å². The molecule has 0 aliphatic heterocycles. The summed E-state index contributed by atoms with van der Waals surface area (Å²) in [7, 11) is 0. The van der Waals surface area contributed by atoms with Gasteiger partial charge in [0.25, 0.3) is 5.69 Å². The smallest absolute Gasteiger partial charge is 0.293 e. The maximum atomic E-state index is 12.2. The summed E-state index contributed by atoms with van der Waals surface area (Å²) in [5, 5.41) is 27.7. The Balaban J connectivity index is 1.65. The van der Waals surface area contributed by atoms with Crippen molar-refractivity contribution in [3.05, 3.63) is 64.0 Å². The Morgan fingerprint density at radius 3 is 2.70 bits per heavy atom. The van der Waals surface area contributed by atoms with E-state index in [4.69, 9.17) is 0 Å². The van der Waals surface area contributed by atoms with E-state index in [2.05, 4.69) is 26.2 Å². The van der Waals surface area contributed by atoms with Crippen molar-refractivity contribution in [1.29, 1.82) is 0 Å². The van der Waals surface area contributed by atoms with Crippen molar-refractivity contribution >= 4 is 23.0 Å². The highest BCUT2D eigenvalue weighted by atomic mass is 16.6. The minimum absolute atomic E-state index is 0.0330. The fourth-order valence-electron chi connectivity index (χ4n) is 2.57. The number of nitrogens with one attached hydrogen (secondary N) is 2. The maximum absolute atomic E-state index is 12.2. The van der Waals surface area contributed by atoms with Gasteiger partial charge in [0.2, 0.25) is 5.91 Å². The first-order valence-electron chi connectivity index (χ1n) is 8.07. The number of carbonyl (C=O) groups excluding carboxylic acids is 1. The van der Waals surface area contributed by atoms with Gasteiger partial charge in [0.05, 0.1) is 17.2 Å². The van der Waals surface area contributed by atoms with Crippen molar-refractivity contribution in [3.63, 3.8) is 0 Å². The van der Waals surface area contributed by atoms with Crippen LogP contribution in [0.2, 0.25) is 0 Å². The van der Waals surface area contributed by atoms with Gasteiger partial charge in [-0.3, -0.25) is 14.9 Å². The monoisotopic (exact) mass is 367 g/mol. The predicted octanol–water partition coefficient (Wildman–Crippen LogP) is 2.24. The summed E-state index contributed by atoms with van der Waals surface area (Å²) in [5.74, 6) is -0.385. The molecule has 3 rings (SSSR count). The molecule has 138 valence electrons. The van der Waals surface area contributed by atoms with Crippen LogP contribution in [0, 0.1) is 24.0 Å². The van der Waals surface area contributed by atoms with Gasteiger partial charge in [0.15, 0.2) is 0 Å². The molecule has 1 heterocycles. The maximum Gasteiger partial charge on any atom is 0.293 e. The Kier molecular flexibility index (Phi) is 5.06. The number of aromatic nitrogens is 4. The molecule has 0 aliphatic carbocycles. The predicted molar refractivity (Wildman–Crippen MR) is 98.8 cm³/mol. The summed E-state index contributed by atoms with van der Waals surface area (Å²) in [4.78, 5) is 22.8. The fraction of sp³-hybridized carbons (Fsp3) is 0.176. The summed E-state index contributed by atoms with van der Waals surface area (Å²) >= 11 is 0. The quantitative estimate of drug-likeness (QED) is 0.505. The second kappa shape index (κ2) is 7.60. The summed E-state index contributed by atoms with van der Waals surface area (Å²) in [5.41, 5.74) is 3.26. The number of nitro benzene ring substituents is 1. The average Bonchev–Trinajstić information content (AvgIpc) is 3.15. The fourth-order valence-corrected chi connectivity index (χ4v) is 2.57. The number of benzene rings is 2. The van der Waals surface area contributed by atoms with Crippen LogP contribution >= 0.6 is 0 Å². The molecule has 0 radical (unpaired) electrons. The van der Waals surface area contributed by atoms with Crippen LogP contribution in [0.25, 0.3) is 5.69 Å². The van der Waals surface area contributed by atoms with Crippen LogP contribution in [-0.2, 0) is 4.79 Å². The molecule has 0 spiro atoms. The normalized spacial score (nSPS) is 10.4. The molecule has 0 atom stereocenters. The van der Waals surface area contributed by atoms with Gasteiger partial charge in [-0.1, -0.05) is 6.07 Å². The molecule has 27 heavy (non-hydrogen) atoms. The zero-order valence-electron chi connectivity index (χ0n) is 14.7. The molecule has 0 bridgehead atoms. The third-order valence-electron chi connectivity index (χ3n) is 3.87. The Morgan fingerprint density at radius 2 is 2.04 bits per heavy atom. The lowest BCUT2D eigenvalue weighted by Gasteiger charge is -2.11. The van der Waals surface area contributed by atoms with Gasteiger partial charge in [-0.15, -0.1) is 5.10 Å². The lowest BCUT2D eigenvalue weighted by molar-refractivity contribution is -0.384. The lowest BCUT2D eigenvalue weighted by Crippen LogP contribution is -2.22. The summed E-state index contributed by atoms with van der Waals surface area (Å²) in [6.07, 6.45) is 1.50. The number of aryl methyl sites for hydroxylation is 2. The lowest BCUT2D eigenvalue weighted by atomic mass is 10.1. The first kappa shape index (κ1) is 18.0. The number of amides is 1. The molecule has 1 aromatic heterocycles. The first-order chi connectivity index (χ1) is 12.9. The van der Waals surface area contributed by atoms with E-state index in [-0.39, 0.29) is 23.8 Å². The van der Waals surface area contributed by atoms with E-state index in [1.807, 2.05) is 19.1 Å². The molecule has 1 amide bonds. The number of hydrogen-bond donors (Lipinski definition) is 2. The molecule has 0 unspecified atom stereocenters. The molecule has 0 saturated carbocycles. The van der Waals surface area contributed by atoms with Crippen LogP contribution in [0.3, 0.4) is 0 Å². The van der Waals surface area contributed by atoms with Crippen LogP contribution in [0.5, 0.6) is 0 Å². The number of anilines is 2. The minimum atomic E-state index is -0.517.